The highest BCUT2D eigenvalue weighted by Crippen LogP contribution is 2.28. The average molecular weight is 271 g/mol. The third kappa shape index (κ3) is 2.50. The largest absolute Gasteiger partial charge is 0.369 e. The predicted octanol–water partition coefficient (Wildman–Crippen LogP) is 1.33. The lowest BCUT2D eigenvalue weighted by Crippen LogP contribution is -2.28. The number of nitrogens with two attached hydrogens (primary N) is 1. The number of primary amides is 1. The monoisotopic (exact) mass is 271 g/mol. The van der Waals surface area contributed by atoms with Gasteiger partial charge in [-0.2, -0.15) is 5.26 Å². The van der Waals surface area contributed by atoms with E-state index in [1.165, 1.54) is 0 Å². The van der Waals surface area contributed by atoms with Crippen LogP contribution < -0.4 is 10.6 Å². The third-order valence-electron chi connectivity index (χ3n) is 3.71. The molecule has 0 radical (unpaired) electrons. The lowest BCUT2D eigenvalue weighted by molar-refractivity contribution is -0.123. The summed E-state index contributed by atoms with van der Waals surface area (Å²) in [7, 11) is 0. The Labute approximate surface area is 118 Å². The van der Waals surface area contributed by atoms with Gasteiger partial charge in [0.25, 0.3) is 0 Å². The van der Waals surface area contributed by atoms with Gasteiger partial charge in [0.05, 0.1) is 17.4 Å². The van der Waals surface area contributed by atoms with Crippen molar-refractivity contribution in [1.82, 2.24) is 0 Å². The maximum absolute atomic E-state index is 11.9. The molecule has 2 rings (SSSR count). The van der Waals surface area contributed by atoms with Gasteiger partial charge in [0.15, 0.2) is 0 Å². The molecule has 2 N–H and O–H groups in total. The SMILES string of the molecule is CC(C)(C#N)c1ccc(N2CC(C(N)=O)CC2=O)cc1. The Hall–Kier alpha value is -2.35. The van der Waals surface area contributed by atoms with E-state index in [9.17, 15) is 9.59 Å². The van der Waals surface area contributed by atoms with Crippen molar-refractivity contribution in [3.05, 3.63) is 29.8 Å². The standard InChI is InChI=1S/C15H17N3O2/c1-15(2,9-16)11-3-5-12(6-4-11)18-8-10(14(17)20)7-13(18)19/h3-6,10H,7-8H2,1-2H3,(H2,17,20). The van der Waals surface area contributed by atoms with Gasteiger partial charge in [-0.25, -0.2) is 0 Å². The Morgan fingerprint density at radius 1 is 1.40 bits per heavy atom. The molecular weight excluding hydrogens is 254 g/mol. The van der Waals surface area contributed by atoms with Crippen LogP contribution in [0.15, 0.2) is 24.3 Å². The van der Waals surface area contributed by atoms with Crippen molar-refractivity contribution in [1.29, 1.82) is 5.26 Å². The first-order valence-corrected chi connectivity index (χ1v) is 6.46. The first-order valence-electron chi connectivity index (χ1n) is 6.46. The van der Waals surface area contributed by atoms with E-state index in [4.69, 9.17) is 11.0 Å². The molecule has 5 nitrogen and oxygen atoms in total. The van der Waals surface area contributed by atoms with E-state index in [-0.39, 0.29) is 12.3 Å². The molecule has 1 aliphatic rings. The molecule has 0 saturated carbocycles. The number of benzene rings is 1. The first kappa shape index (κ1) is 14.1. The number of rotatable bonds is 3. The fourth-order valence-corrected chi connectivity index (χ4v) is 2.27. The summed E-state index contributed by atoms with van der Waals surface area (Å²) in [5.74, 6) is -0.957. The van der Waals surface area contributed by atoms with E-state index in [1.807, 2.05) is 26.0 Å². The number of anilines is 1. The van der Waals surface area contributed by atoms with E-state index in [1.54, 1.807) is 17.0 Å². The average Bonchev–Trinajstić information content (AvgIpc) is 2.81. The number of hydrogen-bond donors (Lipinski definition) is 1. The van der Waals surface area contributed by atoms with Gasteiger partial charge < -0.3 is 10.6 Å². The van der Waals surface area contributed by atoms with Gasteiger partial charge in [-0.05, 0) is 31.5 Å². The highest BCUT2D eigenvalue weighted by atomic mass is 16.2. The van der Waals surface area contributed by atoms with E-state index in [2.05, 4.69) is 6.07 Å². The normalized spacial score (nSPS) is 18.9. The molecule has 104 valence electrons. The van der Waals surface area contributed by atoms with Crippen LogP contribution in [0.25, 0.3) is 0 Å². The summed E-state index contributed by atoms with van der Waals surface area (Å²) >= 11 is 0. The quantitative estimate of drug-likeness (QED) is 0.899. The van der Waals surface area contributed by atoms with E-state index in [0.717, 1.165) is 11.3 Å². The van der Waals surface area contributed by atoms with Gasteiger partial charge in [-0.15, -0.1) is 0 Å². The molecule has 5 heteroatoms. The second-order valence-electron chi connectivity index (χ2n) is 5.59. The highest BCUT2D eigenvalue weighted by Gasteiger charge is 2.34. The Kier molecular flexibility index (Phi) is 3.49. The molecule has 1 heterocycles. The van der Waals surface area contributed by atoms with E-state index < -0.39 is 17.2 Å². The molecule has 1 aliphatic heterocycles. The van der Waals surface area contributed by atoms with Crippen LogP contribution in [0, 0.1) is 17.2 Å². The summed E-state index contributed by atoms with van der Waals surface area (Å²) in [6.07, 6.45) is 0.167. The summed E-state index contributed by atoms with van der Waals surface area (Å²) in [4.78, 5) is 24.6. The van der Waals surface area contributed by atoms with Crippen LogP contribution in [0.3, 0.4) is 0 Å². The van der Waals surface area contributed by atoms with Crippen LogP contribution in [-0.4, -0.2) is 18.4 Å². The summed E-state index contributed by atoms with van der Waals surface area (Å²) in [6, 6.07) is 9.51. The molecule has 1 aromatic carbocycles. The third-order valence-corrected chi connectivity index (χ3v) is 3.71. The number of amides is 2. The van der Waals surface area contributed by atoms with E-state index in [0.29, 0.717) is 6.54 Å². The lowest BCUT2D eigenvalue weighted by Gasteiger charge is -2.19. The van der Waals surface area contributed by atoms with Crippen molar-refractivity contribution in [3.8, 4) is 6.07 Å². The lowest BCUT2D eigenvalue weighted by atomic mass is 9.86. The topological polar surface area (TPSA) is 87.2 Å². The van der Waals surface area contributed by atoms with Crippen molar-refractivity contribution >= 4 is 17.5 Å². The Morgan fingerprint density at radius 3 is 2.45 bits per heavy atom. The number of nitriles is 1. The van der Waals surface area contributed by atoms with Gasteiger partial charge in [0.2, 0.25) is 11.8 Å². The number of carbonyl (C=O) groups is 2. The highest BCUT2D eigenvalue weighted by molar-refractivity contribution is 6.00. The van der Waals surface area contributed by atoms with Crippen molar-refractivity contribution < 1.29 is 9.59 Å². The fourth-order valence-electron chi connectivity index (χ4n) is 2.27. The van der Waals surface area contributed by atoms with Gasteiger partial charge in [0, 0.05) is 18.7 Å². The molecule has 1 fully saturated rings. The minimum atomic E-state index is -0.566. The molecule has 1 aromatic rings. The predicted molar refractivity (Wildman–Crippen MR) is 74.7 cm³/mol. The minimum Gasteiger partial charge on any atom is -0.369 e. The maximum atomic E-state index is 11.9. The number of hydrogen-bond acceptors (Lipinski definition) is 3. The second kappa shape index (κ2) is 4.97. The molecular formula is C15H17N3O2. The fraction of sp³-hybridized carbons (Fsp3) is 0.400. The van der Waals surface area contributed by atoms with Crippen LogP contribution in [0.1, 0.15) is 25.8 Å². The van der Waals surface area contributed by atoms with Gasteiger partial charge in [-0.1, -0.05) is 12.1 Å². The van der Waals surface area contributed by atoms with Crippen LogP contribution in [-0.2, 0) is 15.0 Å². The summed E-state index contributed by atoms with van der Waals surface area (Å²) in [5, 5.41) is 9.10. The molecule has 1 saturated heterocycles. The van der Waals surface area contributed by atoms with Crippen molar-refractivity contribution in [2.24, 2.45) is 11.7 Å². The second-order valence-corrected chi connectivity index (χ2v) is 5.59. The van der Waals surface area contributed by atoms with E-state index >= 15 is 0 Å². The molecule has 20 heavy (non-hydrogen) atoms. The van der Waals surface area contributed by atoms with Gasteiger partial charge in [-0.3, -0.25) is 9.59 Å². The van der Waals surface area contributed by atoms with Crippen molar-refractivity contribution in [3.63, 3.8) is 0 Å². The smallest absolute Gasteiger partial charge is 0.227 e. The van der Waals surface area contributed by atoms with Crippen molar-refractivity contribution in [2.75, 3.05) is 11.4 Å². The Morgan fingerprint density at radius 2 is 2.00 bits per heavy atom. The molecule has 1 unspecified atom stereocenters. The van der Waals surface area contributed by atoms with Gasteiger partial charge in [0.1, 0.15) is 0 Å². The maximum Gasteiger partial charge on any atom is 0.227 e. The summed E-state index contributed by atoms with van der Waals surface area (Å²) in [5.41, 5.74) is 6.30. The van der Waals surface area contributed by atoms with Crippen molar-refractivity contribution in [2.45, 2.75) is 25.7 Å². The number of nitrogens with zero attached hydrogens (tertiary/aromatic N) is 2. The zero-order chi connectivity index (χ0) is 14.9. The molecule has 0 aliphatic carbocycles. The molecule has 0 bridgehead atoms. The zero-order valence-corrected chi connectivity index (χ0v) is 11.6. The Bertz CT molecular complexity index is 584. The molecule has 0 aromatic heterocycles. The molecule has 1 atom stereocenters. The van der Waals surface area contributed by atoms with Crippen LogP contribution >= 0.6 is 0 Å². The zero-order valence-electron chi connectivity index (χ0n) is 11.6. The summed E-state index contributed by atoms with van der Waals surface area (Å²) in [6.45, 7) is 4.01. The van der Waals surface area contributed by atoms with Crippen LogP contribution in [0.5, 0.6) is 0 Å². The molecule has 2 amide bonds. The Balaban J connectivity index is 2.22. The minimum absolute atomic E-state index is 0.0962. The van der Waals surface area contributed by atoms with Crippen LogP contribution in [0.2, 0.25) is 0 Å². The van der Waals surface area contributed by atoms with Crippen LogP contribution in [0.4, 0.5) is 5.69 Å². The number of carbonyl (C=O) groups excluding carboxylic acids is 2. The van der Waals surface area contributed by atoms with Gasteiger partial charge >= 0.3 is 0 Å². The molecule has 0 spiro atoms. The first-order chi connectivity index (χ1) is 9.35. The summed E-state index contributed by atoms with van der Waals surface area (Å²) < 4.78 is 0.